The molecule has 3 rings (SSSR count). The van der Waals surface area contributed by atoms with E-state index < -0.39 is 0 Å². The Morgan fingerprint density at radius 3 is 2.61 bits per heavy atom. The Bertz CT molecular complexity index is 676. The van der Waals surface area contributed by atoms with Crippen molar-refractivity contribution in [2.24, 2.45) is 5.92 Å². The zero-order valence-corrected chi connectivity index (χ0v) is 13.3. The largest absolute Gasteiger partial charge is 0.349 e. The number of benzene rings is 1. The van der Waals surface area contributed by atoms with E-state index in [0.717, 1.165) is 18.8 Å². The molecule has 1 N–H and O–H groups in total. The van der Waals surface area contributed by atoms with Crippen LogP contribution in [0.2, 0.25) is 0 Å². The molecule has 1 amide bonds. The van der Waals surface area contributed by atoms with Crippen LogP contribution in [0.1, 0.15) is 43.0 Å². The Balaban J connectivity index is 1.66. The van der Waals surface area contributed by atoms with Gasteiger partial charge in [-0.15, -0.1) is 0 Å². The minimum Gasteiger partial charge on any atom is -0.349 e. The van der Waals surface area contributed by atoms with E-state index in [1.807, 2.05) is 0 Å². The summed E-state index contributed by atoms with van der Waals surface area (Å²) in [7, 11) is 0. The van der Waals surface area contributed by atoms with E-state index in [-0.39, 0.29) is 17.8 Å². The van der Waals surface area contributed by atoms with Crippen molar-refractivity contribution in [3.8, 4) is 11.3 Å². The predicted octanol–water partition coefficient (Wildman–Crippen LogP) is 4.20. The molecule has 1 fully saturated rings. The molecule has 0 bridgehead atoms. The number of carbonyl (C=O) groups is 1. The molecule has 1 aliphatic rings. The summed E-state index contributed by atoms with van der Waals surface area (Å²) in [4.78, 5) is 16.6. The summed E-state index contributed by atoms with van der Waals surface area (Å²) >= 11 is 0. The molecule has 0 aliphatic heterocycles. The maximum Gasteiger partial charge on any atom is 0.253 e. The number of halogens is 1. The zero-order chi connectivity index (χ0) is 16.2. The quantitative estimate of drug-likeness (QED) is 0.923. The van der Waals surface area contributed by atoms with Gasteiger partial charge >= 0.3 is 0 Å². The third-order valence-corrected chi connectivity index (χ3v) is 4.50. The highest BCUT2D eigenvalue weighted by atomic mass is 19.1. The Kier molecular flexibility index (Phi) is 4.70. The molecular formula is C19H21FN2O. The molecule has 1 saturated carbocycles. The lowest BCUT2D eigenvalue weighted by atomic mass is 9.87. The van der Waals surface area contributed by atoms with Crippen LogP contribution in [0.25, 0.3) is 11.3 Å². The molecule has 1 aromatic heterocycles. The second kappa shape index (κ2) is 6.90. The van der Waals surface area contributed by atoms with E-state index in [4.69, 9.17) is 0 Å². The summed E-state index contributed by atoms with van der Waals surface area (Å²) in [5, 5.41) is 3.09. The zero-order valence-electron chi connectivity index (χ0n) is 13.3. The maximum atomic E-state index is 13.3. The Morgan fingerprint density at radius 1 is 1.17 bits per heavy atom. The number of amides is 1. The minimum atomic E-state index is -0.294. The lowest BCUT2D eigenvalue weighted by Gasteiger charge is -2.26. The van der Waals surface area contributed by atoms with Crippen LogP contribution in [0.3, 0.4) is 0 Å². The number of carbonyl (C=O) groups excluding carboxylic acids is 1. The van der Waals surface area contributed by atoms with Crippen molar-refractivity contribution in [3.05, 3.63) is 54.0 Å². The number of hydrogen-bond donors (Lipinski definition) is 1. The van der Waals surface area contributed by atoms with Gasteiger partial charge < -0.3 is 5.32 Å². The van der Waals surface area contributed by atoms with Crippen LogP contribution in [0.15, 0.2) is 42.6 Å². The fourth-order valence-electron chi connectivity index (χ4n) is 3.02. The smallest absolute Gasteiger partial charge is 0.253 e. The molecule has 0 unspecified atom stereocenters. The summed E-state index contributed by atoms with van der Waals surface area (Å²) in [5.41, 5.74) is 1.91. The van der Waals surface area contributed by atoms with Gasteiger partial charge in [0.05, 0.1) is 11.3 Å². The second-order valence-corrected chi connectivity index (χ2v) is 6.37. The van der Waals surface area contributed by atoms with E-state index >= 15 is 0 Å². The van der Waals surface area contributed by atoms with Crippen molar-refractivity contribution >= 4 is 5.91 Å². The molecule has 120 valence electrons. The van der Waals surface area contributed by atoms with Crippen LogP contribution in [0.5, 0.6) is 0 Å². The van der Waals surface area contributed by atoms with Crippen LogP contribution >= 0.6 is 0 Å². The summed E-state index contributed by atoms with van der Waals surface area (Å²) in [6.07, 6.45) is 5.98. The van der Waals surface area contributed by atoms with Crippen molar-refractivity contribution in [2.45, 2.75) is 38.6 Å². The van der Waals surface area contributed by atoms with Gasteiger partial charge in [-0.1, -0.05) is 19.1 Å². The molecule has 0 atom stereocenters. The topological polar surface area (TPSA) is 42.0 Å². The van der Waals surface area contributed by atoms with Crippen molar-refractivity contribution in [1.29, 1.82) is 0 Å². The molecule has 0 radical (unpaired) electrons. The van der Waals surface area contributed by atoms with Crippen LogP contribution in [0.4, 0.5) is 4.39 Å². The third kappa shape index (κ3) is 3.95. The number of nitrogens with zero attached hydrogens (tertiary/aromatic N) is 1. The first kappa shape index (κ1) is 15.7. The number of pyridine rings is 1. The van der Waals surface area contributed by atoms with E-state index in [1.54, 1.807) is 30.5 Å². The van der Waals surface area contributed by atoms with Crippen molar-refractivity contribution in [1.82, 2.24) is 10.3 Å². The van der Waals surface area contributed by atoms with Gasteiger partial charge in [-0.2, -0.15) is 0 Å². The number of aromatic nitrogens is 1. The molecule has 1 aliphatic carbocycles. The highest BCUT2D eigenvalue weighted by molar-refractivity contribution is 5.94. The molecular weight excluding hydrogens is 291 g/mol. The maximum absolute atomic E-state index is 13.3. The van der Waals surface area contributed by atoms with Gasteiger partial charge in [0.1, 0.15) is 5.82 Å². The van der Waals surface area contributed by atoms with E-state index in [1.165, 1.54) is 25.0 Å². The van der Waals surface area contributed by atoms with Crippen LogP contribution in [-0.2, 0) is 0 Å². The third-order valence-electron chi connectivity index (χ3n) is 4.50. The first-order valence-electron chi connectivity index (χ1n) is 8.14. The number of nitrogens with one attached hydrogen (secondary N) is 1. The van der Waals surface area contributed by atoms with E-state index in [2.05, 4.69) is 17.2 Å². The minimum absolute atomic E-state index is 0.0807. The fraction of sp³-hybridized carbons (Fsp3) is 0.368. The molecule has 2 aromatic rings. The summed E-state index contributed by atoms with van der Waals surface area (Å²) in [6, 6.07) is 10.1. The van der Waals surface area contributed by atoms with Crippen molar-refractivity contribution in [2.75, 3.05) is 0 Å². The summed E-state index contributed by atoms with van der Waals surface area (Å²) < 4.78 is 13.3. The molecule has 0 saturated heterocycles. The average molecular weight is 312 g/mol. The average Bonchev–Trinajstić information content (AvgIpc) is 2.57. The fourth-order valence-corrected chi connectivity index (χ4v) is 3.02. The molecule has 3 nitrogen and oxygen atoms in total. The Hall–Kier alpha value is -2.23. The van der Waals surface area contributed by atoms with Gasteiger partial charge in [-0.3, -0.25) is 9.78 Å². The van der Waals surface area contributed by atoms with Gasteiger partial charge in [0.25, 0.3) is 5.91 Å². The second-order valence-electron chi connectivity index (χ2n) is 6.37. The van der Waals surface area contributed by atoms with Gasteiger partial charge in [-0.25, -0.2) is 4.39 Å². The molecule has 4 heteroatoms. The lowest BCUT2D eigenvalue weighted by molar-refractivity contribution is 0.0922. The first-order valence-corrected chi connectivity index (χ1v) is 8.14. The van der Waals surface area contributed by atoms with Crippen LogP contribution < -0.4 is 5.32 Å². The van der Waals surface area contributed by atoms with Crippen molar-refractivity contribution in [3.63, 3.8) is 0 Å². The number of rotatable bonds is 3. The molecule has 1 aromatic carbocycles. The van der Waals surface area contributed by atoms with E-state index in [0.29, 0.717) is 16.8 Å². The summed E-state index contributed by atoms with van der Waals surface area (Å²) in [5.74, 6) is 0.385. The van der Waals surface area contributed by atoms with E-state index in [9.17, 15) is 9.18 Å². The van der Waals surface area contributed by atoms with Crippen LogP contribution in [0, 0.1) is 11.7 Å². The normalized spacial score (nSPS) is 21.0. The number of hydrogen-bond acceptors (Lipinski definition) is 2. The predicted molar refractivity (Wildman–Crippen MR) is 88.5 cm³/mol. The standard InChI is InChI=1S/C19H21FN2O/c1-13-5-8-17(9-6-13)22-19(23)15-7-10-18(21-12-15)14-3-2-4-16(20)11-14/h2-4,7,10-13,17H,5-6,8-9H2,1H3,(H,22,23). The van der Waals surface area contributed by atoms with Gasteiger partial charge in [0.2, 0.25) is 0 Å². The Labute approximate surface area is 135 Å². The monoisotopic (exact) mass is 312 g/mol. The first-order chi connectivity index (χ1) is 11.1. The van der Waals surface area contributed by atoms with Crippen LogP contribution in [-0.4, -0.2) is 16.9 Å². The highest BCUT2D eigenvalue weighted by Gasteiger charge is 2.20. The van der Waals surface area contributed by atoms with Crippen molar-refractivity contribution < 1.29 is 9.18 Å². The van der Waals surface area contributed by atoms with Gasteiger partial charge in [-0.05, 0) is 55.9 Å². The molecule has 23 heavy (non-hydrogen) atoms. The SMILES string of the molecule is CC1CCC(NC(=O)c2ccc(-c3cccc(F)c3)nc2)CC1. The molecule has 0 spiro atoms. The lowest BCUT2D eigenvalue weighted by Crippen LogP contribution is -2.37. The Morgan fingerprint density at radius 2 is 1.96 bits per heavy atom. The van der Waals surface area contributed by atoms with Gasteiger partial charge in [0.15, 0.2) is 0 Å². The highest BCUT2D eigenvalue weighted by Crippen LogP contribution is 2.24. The van der Waals surface area contributed by atoms with Gasteiger partial charge in [0, 0.05) is 17.8 Å². The summed E-state index contributed by atoms with van der Waals surface area (Å²) in [6.45, 7) is 2.26. The molecule has 1 heterocycles.